The van der Waals surface area contributed by atoms with Crippen LogP contribution in [0.2, 0.25) is 0 Å². The minimum Gasteiger partial charge on any atom is -0.358 e. The van der Waals surface area contributed by atoms with Crippen molar-refractivity contribution in [3.63, 3.8) is 0 Å². The lowest BCUT2D eigenvalue weighted by molar-refractivity contribution is 0.0955. The Balaban J connectivity index is 1.58. The first-order chi connectivity index (χ1) is 11.2. The molecule has 0 saturated heterocycles. The fraction of sp³-hybridized carbons (Fsp3) is 0.211. The van der Waals surface area contributed by atoms with Crippen molar-refractivity contribution >= 4 is 28.6 Å². The standard InChI is InChI=1S/C19H20N2OS/c1-13-7-3-4-8-15(13)19(22)20-11-12-23-18-14(2)21-17-10-6-5-9-16(17)18/h3-10,21H,11-12H2,1-2H3,(H,20,22). The Bertz CT molecular complexity index is 838. The van der Waals surface area contributed by atoms with Gasteiger partial charge in [0, 0.05) is 39.4 Å². The SMILES string of the molecule is Cc1ccccc1C(=O)NCCSc1c(C)[nH]c2ccccc12. The number of carbonyl (C=O) groups is 1. The Kier molecular flexibility index (Phi) is 4.72. The van der Waals surface area contributed by atoms with Crippen molar-refractivity contribution in [2.75, 3.05) is 12.3 Å². The Hall–Kier alpha value is -2.20. The number of aryl methyl sites for hydroxylation is 2. The van der Waals surface area contributed by atoms with Crippen molar-refractivity contribution in [1.29, 1.82) is 0 Å². The molecule has 0 aliphatic carbocycles. The van der Waals surface area contributed by atoms with E-state index >= 15 is 0 Å². The van der Waals surface area contributed by atoms with Crippen molar-refractivity contribution < 1.29 is 4.79 Å². The molecule has 0 bridgehead atoms. The zero-order chi connectivity index (χ0) is 16.2. The Morgan fingerprint density at radius 2 is 1.83 bits per heavy atom. The van der Waals surface area contributed by atoms with Crippen LogP contribution >= 0.6 is 11.8 Å². The van der Waals surface area contributed by atoms with Gasteiger partial charge in [0.05, 0.1) is 0 Å². The van der Waals surface area contributed by atoms with Crippen molar-refractivity contribution in [2.45, 2.75) is 18.7 Å². The van der Waals surface area contributed by atoms with Crippen molar-refractivity contribution in [1.82, 2.24) is 10.3 Å². The van der Waals surface area contributed by atoms with E-state index in [9.17, 15) is 4.79 Å². The van der Waals surface area contributed by atoms with Crippen LogP contribution in [-0.2, 0) is 0 Å². The van der Waals surface area contributed by atoms with E-state index in [4.69, 9.17) is 0 Å². The Labute approximate surface area is 140 Å². The lowest BCUT2D eigenvalue weighted by Gasteiger charge is -2.07. The summed E-state index contributed by atoms with van der Waals surface area (Å²) in [6.45, 7) is 4.70. The number of H-pyrrole nitrogens is 1. The Morgan fingerprint density at radius 1 is 1.09 bits per heavy atom. The van der Waals surface area contributed by atoms with E-state index in [0.717, 1.165) is 22.4 Å². The first-order valence-corrected chi connectivity index (χ1v) is 8.69. The molecule has 0 unspecified atom stereocenters. The summed E-state index contributed by atoms with van der Waals surface area (Å²) < 4.78 is 0. The highest BCUT2D eigenvalue weighted by Crippen LogP contribution is 2.30. The molecule has 3 rings (SSSR count). The maximum atomic E-state index is 12.2. The van der Waals surface area contributed by atoms with Gasteiger partial charge in [0.1, 0.15) is 0 Å². The topological polar surface area (TPSA) is 44.9 Å². The average molecular weight is 324 g/mol. The zero-order valence-corrected chi connectivity index (χ0v) is 14.2. The van der Waals surface area contributed by atoms with E-state index in [1.165, 1.54) is 16.0 Å². The molecule has 1 aromatic heterocycles. The predicted molar refractivity (Wildman–Crippen MR) is 97.3 cm³/mol. The van der Waals surface area contributed by atoms with Gasteiger partial charge >= 0.3 is 0 Å². The molecule has 0 fully saturated rings. The van der Waals surface area contributed by atoms with Crippen LogP contribution < -0.4 is 5.32 Å². The van der Waals surface area contributed by atoms with Crippen LogP contribution in [0.4, 0.5) is 0 Å². The maximum absolute atomic E-state index is 12.2. The Morgan fingerprint density at radius 3 is 2.65 bits per heavy atom. The average Bonchev–Trinajstić information content (AvgIpc) is 2.87. The minimum absolute atomic E-state index is 0.000603. The summed E-state index contributed by atoms with van der Waals surface area (Å²) in [4.78, 5) is 16.9. The van der Waals surface area contributed by atoms with Crippen LogP contribution in [0.5, 0.6) is 0 Å². The molecule has 1 heterocycles. The fourth-order valence-corrected chi connectivity index (χ4v) is 3.69. The molecule has 0 spiro atoms. The summed E-state index contributed by atoms with van der Waals surface area (Å²) in [5.41, 5.74) is 4.10. The third-order valence-corrected chi connectivity index (χ3v) is 5.08. The van der Waals surface area contributed by atoms with E-state index < -0.39 is 0 Å². The number of aromatic nitrogens is 1. The zero-order valence-electron chi connectivity index (χ0n) is 13.3. The van der Waals surface area contributed by atoms with E-state index in [1.807, 2.05) is 37.3 Å². The van der Waals surface area contributed by atoms with E-state index in [2.05, 4.69) is 35.4 Å². The van der Waals surface area contributed by atoms with Crippen molar-refractivity contribution in [2.24, 2.45) is 0 Å². The summed E-state index contributed by atoms with van der Waals surface area (Å²) in [6.07, 6.45) is 0. The number of rotatable bonds is 5. The number of amides is 1. The van der Waals surface area contributed by atoms with Crippen LogP contribution in [0, 0.1) is 13.8 Å². The van der Waals surface area contributed by atoms with Crippen LogP contribution in [0.15, 0.2) is 53.4 Å². The van der Waals surface area contributed by atoms with E-state index in [1.54, 1.807) is 11.8 Å². The molecule has 0 aliphatic rings. The van der Waals surface area contributed by atoms with Gasteiger partial charge in [0.2, 0.25) is 0 Å². The molecule has 0 aliphatic heterocycles. The van der Waals surface area contributed by atoms with Gasteiger partial charge in [-0.15, -0.1) is 11.8 Å². The van der Waals surface area contributed by atoms with Crippen LogP contribution in [-0.4, -0.2) is 23.2 Å². The summed E-state index contributed by atoms with van der Waals surface area (Å²) >= 11 is 1.78. The second-order valence-electron chi connectivity index (χ2n) is 5.54. The number of aromatic amines is 1. The molecule has 3 aromatic rings. The highest BCUT2D eigenvalue weighted by atomic mass is 32.2. The second kappa shape index (κ2) is 6.92. The van der Waals surface area contributed by atoms with Gasteiger partial charge in [-0.25, -0.2) is 0 Å². The molecule has 2 aromatic carbocycles. The van der Waals surface area contributed by atoms with Crippen molar-refractivity contribution in [3.05, 3.63) is 65.4 Å². The van der Waals surface area contributed by atoms with Gasteiger partial charge in [-0.2, -0.15) is 0 Å². The number of fused-ring (bicyclic) bond motifs is 1. The predicted octanol–water partition coefficient (Wildman–Crippen LogP) is 4.31. The number of thioether (sulfide) groups is 1. The molecule has 23 heavy (non-hydrogen) atoms. The third kappa shape index (κ3) is 3.42. The first-order valence-electron chi connectivity index (χ1n) is 7.71. The molecular formula is C19H20N2OS. The maximum Gasteiger partial charge on any atom is 0.251 e. The molecule has 4 heteroatoms. The van der Waals surface area contributed by atoms with Gasteiger partial charge < -0.3 is 10.3 Å². The van der Waals surface area contributed by atoms with Gasteiger partial charge in [0.15, 0.2) is 0 Å². The highest BCUT2D eigenvalue weighted by Gasteiger charge is 2.10. The van der Waals surface area contributed by atoms with E-state index in [-0.39, 0.29) is 5.91 Å². The highest BCUT2D eigenvalue weighted by molar-refractivity contribution is 7.99. The lowest BCUT2D eigenvalue weighted by Crippen LogP contribution is -2.26. The second-order valence-corrected chi connectivity index (χ2v) is 6.65. The summed E-state index contributed by atoms with van der Waals surface area (Å²) in [5, 5.41) is 4.25. The summed E-state index contributed by atoms with van der Waals surface area (Å²) in [6, 6.07) is 16.0. The third-order valence-electron chi connectivity index (χ3n) is 3.86. The number of carbonyl (C=O) groups excluding carboxylic acids is 1. The van der Waals surface area contributed by atoms with Crippen LogP contribution in [0.25, 0.3) is 10.9 Å². The van der Waals surface area contributed by atoms with Crippen LogP contribution in [0.3, 0.4) is 0 Å². The molecule has 1 amide bonds. The lowest BCUT2D eigenvalue weighted by atomic mass is 10.1. The molecular weight excluding hydrogens is 304 g/mol. The van der Waals surface area contributed by atoms with Gasteiger partial charge in [-0.05, 0) is 31.5 Å². The molecule has 0 saturated carbocycles. The number of hydrogen-bond donors (Lipinski definition) is 2. The van der Waals surface area contributed by atoms with Gasteiger partial charge in [0.25, 0.3) is 5.91 Å². The molecule has 118 valence electrons. The first kappa shape index (κ1) is 15.7. The fourth-order valence-electron chi connectivity index (χ4n) is 2.68. The van der Waals surface area contributed by atoms with Crippen LogP contribution in [0.1, 0.15) is 21.6 Å². The molecule has 3 nitrogen and oxygen atoms in total. The van der Waals surface area contributed by atoms with E-state index in [0.29, 0.717) is 6.54 Å². The quantitative estimate of drug-likeness (QED) is 0.543. The summed E-state index contributed by atoms with van der Waals surface area (Å²) in [5.74, 6) is 0.847. The minimum atomic E-state index is -0.000603. The molecule has 0 atom stereocenters. The molecule has 2 N–H and O–H groups in total. The van der Waals surface area contributed by atoms with Gasteiger partial charge in [-0.3, -0.25) is 4.79 Å². The van der Waals surface area contributed by atoms with Gasteiger partial charge in [-0.1, -0.05) is 36.4 Å². The number of benzene rings is 2. The summed E-state index contributed by atoms with van der Waals surface area (Å²) in [7, 11) is 0. The number of para-hydroxylation sites is 1. The number of nitrogens with one attached hydrogen (secondary N) is 2. The monoisotopic (exact) mass is 324 g/mol. The molecule has 0 radical (unpaired) electrons. The largest absolute Gasteiger partial charge is 0.358 e. The number of hydrogen-bond acceptors (Lipinski definition) is 2. The van der Waals surface area contributed by atoms with Crippen molar-refractivity contribution in [3.8, 4) is 0 Å². The normalized spacial score (nSPS) is 10.9. The smallest absolute Gasteiger partial charge is 0.251 e.